The number of esters is 1. The summed E-state index contributed by atoms with van der Waals surface area (Å²) in [6, 6.07) is 7.25. The molecule has 0 aliphatic rings. The second-order valence-electron chi connectivity index (χ2n) is 7.59. The Morgan fingerprint density at radius 3 is 2.38 bits per heavy atom. The number of Topliss-reactive ketones (excluding diaryl/α,β-unsaturated/α-hetero) is 2. The van der Waals surface area contributed by atoms with Gasteiger partial charge in [-0.1, -0.05) is 41.4 Å². The van der Waals surface area contributed by atoms with Crippen LogP contribution in [0.25, 0.3) is 0 Å². The Kier molecular flexibility index (Phi) is 6.91. The van der Waals surface area contributed by atoms with E-state index >= 15 is 0 Å². The van der Waals surface area contributed by atoms with Crippen LogP contribution in [0, 0.1) is 20.8 Å². The minimum Gasteiger partial charge on any atom is -0.450 e. The summed E-state index contributed by atoms with van der Waals surface area (Å²) < 4.78 is 6.87. The van der Waals surface area contributed by atoms with Crippen molar-refractivity contribution >= 4 is 40.7 Å². The Balaban J connectivity index is 1.81. The predicted octanol–water partition coefficient (Wildman–Crippen LogP) is 5.12. The molecule has 2 aromatic heterocycles. The van der Waals surface area contributed by atoms with Crippen molar-refractivity contribution in [1.82, 2.24) is 14.8 Å². The first-order valence-electron chi connectivity index (χ1n) is 9.94. The number of aromatic nitrogens is 3. The maximum atomic E-state index is 12.9. The summed E-state index contributed by atoms with van der Waals surface area (Å²) in [4.78, 5) is 40.5. The van der Waals surface area contributed by atoms with Crippen molar-refractivity contribution in [2.45, 2.75) is 47.3 Å². The monoisotopic (exact) mass is 475 g/mol. The molecule has 7 nitrogen and oxygen atoms in total. The summed E-state index contributed by atoms with van der Waals surface area (Å²) in [6.45, 7) is 8.22. The number of carbonyl (C=O) groups is 3. The van der Waals surface area contributed by atoms with Gasteiger partial charge in [-0.3, -0.25) is 9.59 Å². The molecular weight excluding hydrogens is 453 g/mol. The largest absolute Gasteiger partial charge is 0.450 e. The number of H-pyrrole nitrogens is 1. The van der Waals surface area contributed by atoms with Crippen molar-refractivity contribution in [3.8, 4) is 0 Å². The van der Waals surface area contributed by atoms with Crippen molar-refractivity contribution in [1.29, 1.82) is 0 Å². The number of hydrogen-bond acceptors (Lipinski definition) is 5. The van der Waals surface area contributed by atoms with Gasteiger partial charge in [0, 0.05) is 16.3 Å². The molecule has 9 heteroatoms. The van der Waals surface area contributed by atoms with Gasteiger partial charge in [-0.05, 0) is 51.8 Å². The highest BCUT2D eigenvalue weighted by Crippen LogP contribution is 2.25. The Hall–Kier alpha value is -2.90. The Morgan fingerprint density at radius 1 is 1.12 bits per heavy atom. The van der Waals surface area contributed by atoms with Crippen LogP contribution in [-0.2, 0) is 11.3 Å². The average Bonchev–Trinajstić information content (AvgIpc) is 3.17. The van der Waals surface area contributed by atoms with Gasteiger partial charge in [0.15, 0.2) is 11.9 Å². The second kappa shape index (κ2) is 9.30. The van der Waals surface area contributed by atoms with Crippen molar-refractivity contribution in [3.63, 3.8) is 0 Å². The van der Waals surface area contributed by atoms with E-state index in [1.54, 1.807) is 26.8 Å². The van der Waals surface area contributed by atoms with Gasteiger partial charge in [0.1, 0.15) is 10.7 Å². The van der Waals surface area contributed by atoms with E-state index in [2.05, 4.69) is 10.1 Å². The van der Waals surface area contributed by atoms with Crippen LogP contribution in [0.15, 0.2) is 24.3 Å². The van der Waals surface area contributed by atoms with Crippen LogP contribution in [0.2, 0.25) is 10.2 Å². The van der Waals surface area contributed by atoms with Crippen LogP contribution in [0.1, 0.15) is 67.6 Å². The molecule has 3 rings (SSSR count). The number of hydrogen-bond donors (Lipinski definition) is 1. The molecule has 1 unspecified atom stereocenters. The molecule has 0 bridgehead atoms. The zero-order valence-electron chi connectivity index (χ0n) is 18.4. The third-order valence-electron chi connectivity index (χ3n) is 5.24. The fraction of sp³-hybridized carbons (Fsp3) is 0.304. The molecule has 0 aliphatic carbocycles. The number of nitrogens with zero attached hydrogens (tertiary/aromatic N) is 2. The van der Waals surface area contributed by atoms with Crippen LogP contribution >= 0.6 is 23.2 Å². The van der Waals surface area contributed by atoms with Gasteiger partial charge in [0.05, 0.1) is 17.9 Å². The van der Waals surface area contributed by atoms with Gasteiger partial charge in [-0.15, -0.1) is 0 Å². The highest BCUT2D eigenvalue weighted by molar-refractivity contribution is 6.33. The van der Waals surface area contributed by atoms with Crippen LogP contribution in [0.5, 0.6) is 0 Å². The third-order valence-corrected chi connectivity index (χ3v) is 5.99. The minimum absolute atomic E-state index is 0.0854. The fourth-order valence-electron chi connectivity index (χ4n) is 3.68. The Labute approximate surface area is 195 Å². The average molecular weight is 476 g/mol. The molecule has 1 N–H and O–H groups in total. The van der Waals surface area contributed by atoms with E-state index < -0.39 is 17.9 Å². The lowest BCUT2D eigenvalue weighted by Crippen LogP contribution is -2.25. The Bertz CT molecular complexity index is 1230. The first-order valence-corrected chi connectivity index (χ1v) is 10.7. The van der Waals surface area contributed by atoms with Gasteiger partial charge in [-0.25, -0.2) is 9.48 Å². The van der Waals surface area contributed by atoms with Gasteiger partial charge in [-0.2, -0.15) is 5.10 Å². The number of rotatable bonds is 7. The number of nitrogens with one attached hydrogen (secondary N) is 1. The minimum atomic E-state index is -1.10. The number of benzene rings is 1. The van der Waals surface area contributed by atoms with Gasteiger partial charge in [0.2, 0.25) is 5.78 Å². The number of ether oxygens (including phenoxy) is 1. The molecule has 3 aromatic rings. The summed E-state index contributed by atoms with van der Waals surface area (Å²) in [5.41, 5.74) is 3.08. The summed E-state index contributed by atoms with van der Waals surface area (Å²) >= 11 is 12.6. The molecule has 0 saturated heterocycles. The first kappa shape index (κ1) is 23.8. The molecule has 2 heterocycles. The van der Waals surface area contributed by atoms with E-state index in [0.717, 1.165) is 5.56 Å². The third kappa shape index (κ3) is 4.49. The molecule has 1 aromatic carbocycles. The van der Waals surface area contributed by atoms with E-state index in [0.29, 0.717) is 27.5 Å². The fourth-order valence-corrected chi connectivity index (χ4v) is 4.19. The topological polar surface area (TPSA) is 94.0 Å². The van der Waals surface area contributed by atoms with E-state index in [4.69, 9.17) is 27.9 Å². The SMILES string of the molecule is CC(=O)c1c(C)[nH]c(C(=O)C(C)OC(=O)c2c(C)nn(Cc3ccccc3Cl)c2Cl)c1C. The lowest BCUT2D eigenvalue weighted by molar-refractivity contribution is 0.0316. The Morgan fingerprint density at radius 2 is 1.78 bits per heavy atom. The maximum absolute atomic E-state index is 12.9. The van der Waals surface area contributed by atoms with Gasteiger partial charge >= 0.3 is 5.97 Å². The molecule has 168 valence electrons. The maximum Gasteiger partial charge on any atom is 0.343 e. The predicted molar refractivity (Wildman–Crippen MR) is 122 cm³/mol. The molecule has 0 amide bonds. The lowest BCUT2D eigenvalue weighted by atomic mass is 10.0. The molecule has 0 radical (unpaired) electrons. The molecule has 0 spiro atoms. The molecule has 1 atom stereocenters. The number of aryl methyl sites for hydroxylation is 2. The molecule has 32 heavy (non-hydrogen) atoms. The van der Waals surface area contributed by atoms with E-state index in [1.165, 1.54) is 18.5 Å². The summed E-state index contributed by atoms with van der Waals surface area (Å²) in [5, 5.41) is 4.98. The normalized spacial score (nSPS) is 12.0. The summed E-state index contributed by atoms with van der Waals surface area (Å²) in [6.07, 6.45) is -1.10. The first-order chi connectivity index (χ1) is 15.0. The highest BCUT2D eigenvalue weighted by atomic mass is 35.5. The molecular formula is C23H23Cl2N3O4. The van der Waals surface area contributed by atoms with Crippen LogP contribution in [-0.4, -0.2) is 38.4 Å². The van der Waals surface area contributed by atoms with E-state index in [1.807, 2.05) is 18.2 Å². The standard InChI is InChI=1S/C23H23Cl2N3O4/c1-11-18(14(4)29)12(2)26-20(11)21(30)15(5)32-23(31)19-13(3)27-28(22(19)25)10-16-8-6-7-9-17(16)24/h6-9,15,26H,10H2,1-5H3. The molecule has 0 saturated carbocycles. The zero-order valence-corrected chi connectivity index (χ0v) is 19.9. The highest BCUT2D eigenvalue weighted by Gasteiger charge is 2.29. The van der Waals surface area contributed by atoms with Gasteiger partial charge in [0.25, 0.3) is 0 Å². The smallest absolute Gasteiger partial charge is 0.343 e. The lowest BCUT2D eigenvalue weighted by Gasteiger charge is -2.12. The molecule has 0 aliphatic heterocycles. The van der Waals surface area contributed by atoms with Gasteiger partial charge < -0.3 is 9.72 Å². The van der Waals surface area contributed by atoms with E-state index in [-0.39, 0.29) is 28.7 Å². The van der Waals surface area contributed by atoms with E-state index in [9.17, 15) is 14.4 Å². The summed E-state index contributed by atoms with van der Waals surface area (Å²) in [7, 11) is 0. The number of carbonyl (C=O) groups excluding carboxylic acids is 3. The van der Waals surface area contributed by atoms with Crippen LogP contribution in [0.4, 0.5) is 0 Å². The zero-order chi connectivity index (χ0) is 23.7. The van der Waals surface area contributed by atoms with Crippen molar-refractivity contribution in [2.24, 2.45) is 0 Å². The number of halogens is 2. The second-order valence-corrected chi connectivity index (χ2v) is 8.36. The van der Waals surface area contributed by atoms with Crippen molar-refractivity contribution < 1.29 is 19.1 Å². The van der Waals surface area contributed by atoms with Crippen LogP contribution < -0.4 is 0 Å². The molecule has 0 fully saturated rings. The number of ketones is 2. The van der Waals surface area contributed by atoms with Crippen molar-refractivity contribution in [3.05, 3.63) is 73.8 Å². The van der Waals surface area contributed by atoms with Crippen molar-refractivity contribution in [2.75, 3.05) is 0 Å². The quantitative estimate of drug-likeness (QED) is 0.377. The number of aromatic amines is 1. The summed E-state index contributed by atoms with van der Waals surface area (Å²) in [5.74, 6) is -1.34. The van der Waals surface area contributed by atoms with Crippen LogP contribution in [0.3, 0.4) is 0 Å².